The molecule has 3 aromatic rings. The largest absolute Gasteiger partial charge is 0.298 e. The molecule has 3 rings (SSSR count). The lowest BCUT2D eigenvalue weighted by Gasteiger charge is -2.03. The average Bonchev–Trinajstić information content (AvgIpc) is 3.04. The summed E-state index contributed by atoms with van der Waals surface area (Å²) < 4.78 is 12.9. The molecule has 1 amide bonds. The fraction of sp³-hybridized carbons (Fsp3) is 0.111. The highest BCUT2D eigenvalue weighted by Crippen LogP contribution is 2.25. The minimum Gasteiger partial charge on any atom is -0.298 e. The number of aromatic nitrogens is 1. The summed E-state index contributed by atoms with van der Waals surface area (Å²) in [7, 11) is 0. The van der Waals surface area contributed by atoms with E-state index in [4.69, 9.17) is 0 Å². The number of halogens is 1. The zero-order chi connectivity index (χ0) is 16.2. The van der Waals surface area contributed by atoms with Gasteiger partial charge < -0.3 is 0 Å². The highest BCUT2D eigenvalue weighted by molar-refractivity contribution is 7.14. The normalized spacial score (nSPS) is 10.5. The van der Waals surface area contributed by atoms with Crippen molar-refractivity contribution in [2.45, 2.75) is 13.3 Å². The molecule has 1 heterocycles. The van der Waals surface area contributed by atoms with Crippen molar-refractivity contribution in [3.8, 4) is 11.3 Å². The quantitative estimate of drug-likeness (QED) is 0.751. The van der Waals surface area contributed by atoms with Crippen molar-refractivity contribution in [1.29, 1.82) is 0 Å². The maximum atomic E-state index is 12.9. The number of carbonyl (C=O) groups excluding carboxylic acids is 1. The number of thiazole rings is 1. The molecule has 1 N–H and O–H groups in total. The van der Waals surface area contributed by atoms with Gasteiger partial charge in [0.15, 0.2) is 5.13 Å². The Morgan fingerprint density at radius 2 is 1.83 bits per heavy atom. The molecule has 3 nitrogen and oxygen atoms in total. The molecule has 0 radical (unpaired) electrons. The number of hydrogen-bond acceptors (Lipinski definition) is 3. The lowest BCUT2D eigenvalue weighted by atomic mass is 10.1. The number of anilines is 1. The summed E-state index contributed by atoms with van der Waals surface area (Å²) in [6, 6.07) is 13.6. The van der Waals surface area contributed by atoms with Crippen molar-refractivity contribution >= 4 is 22.4 Å². The monoisotopic (exact) mass is 326 g/mol. The Hall–Kier alpha value is -2.53. The number of benzene rings is 2. The molecule has 0 unspecified atom stereocenters. The summed E-state index contributed by atoms with van der Waals surface area (Å²) in [5, 5.41) is 5.15. The van der Waals surface area contributed by atoms with Gasteiger partial charge in [-0.3, -0.25) is 10.1 Å². The third-order valence-electron chi connectivity index (χ3n) is 3.49. The summed E-state index contributed by atoms with van der Waals surface area (Å²) in [6.07, 6.45) is 0.940. The zero-order valence-electron chi connectivity index (χ0n) is 12.5. The van der Waals surface area contributed by atoms with Gasteiger partial charge >= 0.3 is 0 Å². The molecular weight excluding hydrogens is 311 g/mol. The maximum Gasteiger partial charge on any atom is 0.257 e. The first kappa shape index (κ1) is 15.4. The van der Waals surface area contributed by atoms with E-state index in [2.05, 4.69) is 17.2 Å². The van der Waals surface area contributed by atoms with Crippen LogP contribution < -0.4 is 5.32 Å². The Morgan fingerprint density at radius 1 is 1.13 bits per heavy atom. The van der Waals surface area contributed by atoms with Crippen LogP contribution >= 0.6 is 11.3 Å². The second-order valence-corrected chi connectivity index (χ2v) is 5.91. The van der Waals surface area contributed by atoms with Gasteiger partial charge in [-0.2, -0.15) is 0 Å². The second-order valence-electron chi connectivity index (χ2n) is 5.05. The third-order valence-corrected chi connectivity index (χ3v) is 4.25. The predicted octanol–water partition coefficient (Wildman–Crippen LogP) is 4.76. The number of carbonyl (C=O) groups is 1. The Morgan fingerprint density at radius 3 is 2.48 bits per heavy atom. The number of nitrogens with one attached hydrogen (secondary N) is 1. The zero-order valence-corrected chi connectivity index (χ0v) is 13.4. The molecule has 0 saturated carbocycles. The van der Waals surface area contributed by atoms with Crippen LogP contribution in [0.2, 0.25) is 0 Å². The van der Waals surface area contributed by atoms with Crippen LogP contribution in [0.5, 0.6) is 0 Å². The van der Waals surface area contributed by atoms with Gasteiger partial charge in [0.2, 0.25) is 0 Å². The lowest BCUT2D eigenvalue weighted by Crippen LogP contribution is -2.11. The predicted molar refractivity (Wildman–Crippen MR) is 91.3 cm³/mol. The summed E-state index contributed by atoms with van der Waals surface area (Å²) in [5.41, 5.74) is 3.32. The van der Waals surface area contributed by atoms with E-state index in [1.54, 1.807) is 12.1 Å². The highest BCUT2D eigenvalue weighted by atomic mass is 32.1. The van der Waals surface area contributed by atoms with Gasteiger partial charge in [0.1, 0.15) is 5.82 Å². The summed E-state index contributed by atoms with van der Waals surface area (Å²) in [5.74, 6) is -0.472. The second kappa shape index (κ2) is 6.71. The van der Waals surface area contributed by atoms with Crippen molar-refractivity contribution in [1.82, 2.24) is 4.98 Å². The fourth-order valence-electron chi connectivity index (χ4n) is 2.15. The minimum atomic E-state index is -0.284. The molecule has 23 heavy (non-hydrogen) atoms. The van der Waals surface area contributed by atoms with E-state index in [0.29, 0.717) is 16.4 Å². The number of nitrogens with zero attached hydrogens (tertiary/aromatic N) is 1. The molecule has 0 aliphatic rings. The van der Waals surface area contributed by atoms with E-state index >= 15 is 0 Å². The molecule has 0 spiro atoms. The number of amides is 1. The van der Waals surface area contributed by atoms with Gasteiger partial charge in [0.05, 0.1) is 5.69 Å². The number of rotatable bonds is 4. The van der Waals surface area contributed by atoms with E-state index in [1.807, 2.05) is 29.6 Å². The maximum absolute atomic E-state index is 12.9. The van der Waals surface area contributed by atoms with Gasteiger partial charge in [0.25, 0.3) is 5.91 Å². The van der Waals surface area contributed by atoms with Crippen LogP contribution in [0, 0.1) is 5.82 Å². The Labute approximate surface area is 137 Å². The van der Waals surface area contributed by atoms with Gasteiger partial charge in [0, 0.05) is 16.5 Å². The average molecular weight is 326 g/mol. The van der Waals surface area contributed by atoms with Crippen LogP contribution in [0.15, 0.2) is 53.9 Å². The SMILES string of the molecule is CCc1ccc(C(=O)Nc2nc(-c3ccc(F)cc3)cs2)cc1. The van der Waals surface area contributed by atoms with Crippen LogP contribution in [0.4, 0.5) is 9.52 Å². The standard InChI is InChI=1S/C18H15FN2OS/c1-2-12-3-5-14(6-4-12)17(22)21-18-20-16(11-23-18)13-7-9-15(19)10-8-13/h3-11H,2H2,1H3,(H,20,21,22). The van der Waals surface area contributed by atoms with Crippen molar-refractivity contribution in [3.05, 3.63) is 70.9 Å². The lowest BCUT2D eigenvalue weighted by molar-refractivity contribution is 0.102. The van der Waals surface area contributed by atoms with Crippen LogP contribution in [0.1, 0.15) is 22.8 Å². The fourth-order valence-corrected chi connectivity index (χ4v) is 2.86. The van der Waals surface area contributed by atoms with E-state index in [9.17, 15) is 9.18 Å². The van der Waals surface area contributed by atoms with Crippen LogP contribution in [-0.4, -0.2) is 10.9 Å². The van der Waals surface area contributed by atoms with Crippen molar-refractivity contribution in [2.24, 2.45) is 0 Å². The molecule has 1 aromatic heterocycles. The van der Waals surface area contributed by atoms with Crippen molar-refractivity contribution in [2.75, 3.05) is 5.32 Å². The molecule has 0 aliphatic carbocycles. The molecule has 5 heteroatoms. The molecule has 0 fully saturated rings. The Balaban J connectivity index is 1.73. The molecule has 2 aromatic carbocycles. The Bertz CT molecular complexity index is 810. The van der Waals surface area contributed by atoms with Gasteiger partial charge in [-0.15, -0.1) is 11.3 Å². The van der Waals surface area contributed by atoms with Crippen LogP contribution in [0.3, 0.4) is 0 Å². The topological polar surface area (TPSA) is 42.0 Å². The van der Waals surface area contributed by atoms with E-state index in [1.165, 1.54) is 29.0 Å². The number of aryl methyl sites for hydroxylation is 1. The van der Waals surface area contributed by atoms with E-state index in [0.717, 1.165) is 12.0 Å². The molecule has 116 valence electrons. The van der Waals surface area contributed by atoms with Crippen LogP contribution in [-0.2, 0) is 6.42 Å². The molecule has 0 saturated heterocycles. The molecule has 0 aliphatic heterocycles. The van der Waals surface area contributed by atoms with Gasteiger partial charge in [-0.1, -0.05) is 19.1 Å². The highest BCUT2D eigenvalue weighted by Gasteiger charge is 2.10. The van der Waals surface area contributed by atoms with Crippen molar-refractivity contribution in [3.63, 3.8) is 0 Å². The molecule has 0 bridgehead atoms. The minimum absolute atomic E-state index is 0.187. The summed E-state index contributed by atoms with van der Waals surface area (Å²) >= 11 is 1.34. The molecule has 0 atom stereocenters. The smallest absolute Gasteiger partial charge is 0.257 e. The molecular formula is C18H15FN2OS. The third kappa shape index (κ3) is 3.63. The first-order valence-electron chi connectivity index (χ1n) is 7.27. The first-order chi connectivity index (χ1) is 11.2. The van der Waals surface area contributed by atoms with E-state index < -0.39 is 0 Å². The number of hydrogen-bond donors (Lipinski definition) is 1. The summed E-state index contributed by atoms with van der Waals surface area (Å²) in [6.45, 7) is 2.07. The van der Waals surface area contributed by atoms with Crippen LogP contribution in [0.25, 0.3) is 11.3 Å². The van der Waals surface area contributed by atoms with Crippen molar-refractivity contribution < 1.29 is 9.18 Å². The first-order valence-corrected chi connectivity index (χ1v) is 8.15. The van der Waals surface area contributed by atoms with Gasteiger partial charge in [-0.05, 0) is 48.4 Å². The van der Waals surface area contributed by atoms with E-state index in [-0.39, 0.29) is 11.7 Å². The van der Waals surface area contributed by atoms with Gasteiger partial charge in [-0.25, -0.2) is 9.37 Å². The summed E-state index contributed by atoms with van der Waals surface area (Å²) in [4.78, 5) is 16.6. The Kier molecular flexibility index (Phi) is 4.48.